The van der Waals surface area contributed by atoms with Crippen molar-refractivity contribution in [2.24, 2.45) is 5.92 Å². The van der Waals surface area contributed by atoms with Crippen LogP contribution >= 0.6 is 23.2 Å². The molecule has 1 unspecified atom stereocenters. The first-order chi connectivity index (χ1) is 15.4. The summed E-state index contributed by atoms with van der Waals surface area (Å²) in [6.45, 7) is 7.42. The Morgan fingerprint density at radius 2 is 1.53 bits per heavy atom. The van der Waals surface area contributed by atoms with Gasteiger partial charge in [0.1, 0.15) is 0 Å². The number of aliphatic hydroxyl groups is 1. The fourth-order valence-corrected chi connectivity index (χ4v) is 4.76. The van der Waals surface area contributed by atoms with E-state index in [4.69, 9.17) is 29.8 Å². The predicted molar refractivity (Wildman–Crippen MR) is 126 cm³/mol. The Kier molecular flexibility index (Phi) is 5.10. The van der Waals surface area contributed by atoms with Gasteiger partial charge < -0.3 is 5.11 Å². The lowest BCUT2D eigenvalue weighted by atomic mass is 9.90. The molecule has 0 bridgehead atoms. The highest BCUT2D eigenvalue weighted by molar-refractivity contribution is 6.31. The molecule has 1 aliphatic carbocycles. The molecule has 5 nitrogen and oxygen atoms in total. The first-order valence-electron chi connectivity index (χ1n) is 10.3. The second kappa shape index (κ2) is 7.83. The van der Waals surface area contributed by atoms with Gasteiger partial charge in [0.05, 0.1) is 12.6 Å². The molecule has 2 aliphatic rings. The van der Waals surface area contributed by atoms with Crippen LogP contribution in [0, 0.1) is 12.5 Å². The van der Waals surface area contributed by atoms with Gasteiger partial charge in [-0.2, -0.15) is 0 Å². The van der Waals surface area contributed by atoms with Crippen molar-refractivity contribution in [1.29, 1.82) is 0 Å². The zero-order chi connectivity index (χ0) is 22.5. The van der Waals surface area contributed by atoms with Crippen LogP contribution in [-0.2, 0) is 5.72 Å². The maximum atomic E-state index is 13.9. The molecule has 32 heavy (non-hydrogen) atoms. The minimum Gasteiger partial charge on any atom is -0.365 e. The summed E-state index contributed by atoms with van der Waals surface area (Å²) in [5.41, 5.74) is 0.415. The van der Waals surface area contributed by atoms with E-state index in [1.807, 2.05) is 0 Å². The molecule has 0 radical (unpaired) electrons. The van der Waals surface area contributed by atoms with Crippen molar-refractivity contribution >= 4 is 46.3 Å². The van der Waals surface area contributed by atoms with Gasteiger partial charge in [-0.25, -0.2) is 9.64 Å². The Labute approximate surface area is 196 Å². The Hall–Kier alpha value is -3.04. The van der Waals surface area contributed by atoms with Crippen LogP contribution in [0.3, 0.4) is 0 Å². The van der Waals surface area contributed by atoms with E-state index < -0.39 is 11.8 Å². The van der Waals surface area contributed by atoms with E-state index in [1.165, 1.54) is 4.90 Å². The largest absolute Gasteiger partial charge is 0.365 e. The molecule has 2 fully saturated rings. The van der Waals surface area contributed by atoms with Gasteiger partial charge in [-0.15, -0.1) is 0 Å². The van der Waals surface area contributed by atoms with E-state index >= 15 is 0 Å². The lowest BCUT2D eigenvalue weighted by molar-refractivity contribution is 0.0251. The van der Waals surface area contributed by atoms with E-state index in [-0.39, 0.29) is 11.9 Å². The number of amides is 2. The van der Waals surface area contributed by atoms with E-state index in [1.54, 1.807) is 77.7 Å². The number of nitrogens with zero attached hydrogens (tertiary/aromatic N) is 3. The molecule has 0 spiro atoms. The van der Waals surface area contributed by atoms with Crippen molar-refractivity contribution in [3.63, 3.8) is 0 Å². The number of hydrogen-bond donors (Lipinski definition) is 1. The SMILES string of the molecule is [C-]#[N+]c1cccc(C2(O)[C@H](C3CC3)N(c3ccc(Cl)cc3)C(=O)N2c2ccc(Cl)cc2)c1. The van der Waals surface area contributed by atoms with Crippen molar-refractivity contribution in [1.82, 2.24) is 0 Å². The first kappa shape index (κ1) is 20.8. The summed E-state index contributed by atoms with van der Waals surface area (Å²) >= 11 is 12.2. The quantitative estimate of drug-likeness (QED) is 0.442. The molecule has 1 saturated heterocycles. The van der Waals surface area contributed by atoms with Gasteiger partial charge in [0.15, 0.2) is 11.4 Å². The van der Waals surface area contributed by atoms with Crippen LogP contribution in [0.5, 0.6) is 0 Å². The van der Waals surface area contributed by atoms with E-state index in [9.17, 15) is 9.90 Å². The first-order valence-corrected chi connectivity index (χ1v) is 11.0. The van der Waals surface area contributed by atoms with E-state index in [0.29, 0.717) is 32.7 Å². The average Bonchev–Trinajstić information content (AvgIpc) is 3.61. The van der Waals surface area contributed by atoms with Gasteiger partial charge in [0, 0.05) is 21.4 Å². The highest BCUT2D eigenvalue weighted by atomic mass is 35.5. The van der Waals surface area contributed by atoms with Crippen LogP contribution in [0.15, 0.2) is 72.8 Å². The van der Waals surface area contributed by atoms with Gasteiger partial charge in [-0.3, -0.25) is 9.80 Å². The molecular formula is C25H19Cl2N3O2. The molecule has 2 atom stereocenters. The normalized spacial score (nSPS) is 22.8. The van der Waals surface area contributed by atoms with Gasteiger partial charge in [-0.05, 0) is 78.9 Å². The third kappa shape index (κ3) is 3.32. The lowest BCUT2D eigenvalue weighted by Crippen LogP contribution is -2.50. The average molecular weight is 464 g/mol. The molecule has 1 N–H and O–H groups in total. The molecule has 3 aromatic carbocycles. The fourth-order valence-electron chi connectivity index (χ4n) is 4.51. The molecule has 2 amide bonds. The molecule has 5 rings (SSSR count). The van der Waals surface area contributed by atoms with Crippen LogP contribution < -0.4 is 9.80 Å². The Balaban J connectivity index is 1.74. The smallest absolute Gasteiger partial charge is 0.332 e. The summed E-state index contributed by atoms with van der Waals surface area (Å²) in [5.74, 6) is 0.119. The fraction of sp³-hybridized carbons (Fsp3) is 0.200. The second-order valence-corrected chi connectivity index (χ2v) is 8.98. The number of carbonyl (C=O) groups is 1. The maximum Gasteiger partial charge on any atom is 0.332 e. The molecule has 1 aliphatic heterocycles. The molecule has 160 valence electrons. The van der Waals surface area contributed by atoms with Crippen LogP contribution in [0.4, 0.5) is 21.9 Å². The standard InChI is InChI=1S/C25H19Cl2N3O2/c1-28-20-4-2-3-17(15-20)25(32)23(16-5-6-16)29(21-11-7-18(26)8-12-21)24(31)30(25)22-13-9-19(27)10-14-22/h2-4,7-16,23,32H,5-6H2/t23-,25?/m0/s1. The highest BCUT2D eigenvalue weighted by Gasteiger charge is 2.62. The van der Waals surface area contributed by atoms with Gasteiger partial charge >= 0.3 is 6.03 Å². The molecular weight excluding hydrogens is 445 g/mol. The van der Waals surface area contributed by atoms with Gasteiger partial charge in [-0.1, -0.05) is 41.4 Å². The Bertz CT molecular complexity index is 1220. The minimum atomic E-state index is -1.67. The number of rotatable bonds is 4. The number of urea groups is 1. The zero-order valence-electron chi connectivity index (χ0n) is 17.0. The lowest BCUT2D eigenvalue weighted by Gasteiger charge is -2.37. The minimum absolute atomic E-state index is 0.119. The topological polar surface area (TPSA) is 48.1 Å². The molecule has 1 saturated carbocycles. The summed E-state index contributed by atoms with van der Waals surface area (Å²) in [5, 5.41) is 13.5. The third-order valence-corrected chi connectivity index (χ3v) is 6.59. The molecule has 7 heteroatoms. The molecule has 0 aromatic heterocycles. The van der Waals surface area contributed by atoms with Crippen molar-refractivity contribution in [3.8, 4) is 0 Å². The van der Waals surface area contributed by atoms with Crippen molar-refractivity contribution in [3.05, 3.63) is 99.8 Å². The summed E-state index contributed by atoms with van der Waals surface area (Å²) in [7, 11) is 0. The van der Waals surface area contributed by atoms with E-state index in [0.717, 1.165) is 12.8 Å². The van der Waals surface area contributed by atoms with Crippen molar-refractivity contribution < 1.29 is 9.90 Å². The van der Waals surface area contributed by atoms with Crippen molar-refractivity contribution in [2.45, 2.75) is 24.6 Å². The Morgan fingerprint density at radius 3 is 2.09 bits per heavy atom. The predicted octanol–water partition coefficient (Wildman–Crippen LogP) is 6.61. The highest BCUT2D eigenvalue weighted by Crippen LogP contribution is 2.53. The van der Waals surface area contributed by atoms with Gasteiger partial charge in [0.25, 0.3) is 0 Å². The number of anilines is 2. The second-order valence-electron chi connectivity index (χ2n) is 8.11. The zero-order valence-corrected chi connectivity index (χ0v) is 18.5. The van der Waals surface area contributed by atoms with E-state index in [2.05, 4.69) is 4.85 Å². The molecule has 1 heterocycles. The number of hydrogen-bond acceptors (Lipinski definition) is 2. The van der Waals surface area contributed by atoms with Crippen LogP contribution in [0.2, 0.25) is 10.0 Å². The summed E-state index contributed by atoms with van der Waals surface area (Å²) in [6, 6.07) is 19.8. The van der Waals surface area contributed by atoms with Crippen LogP contribution in [0.1, 0.15) is 18.4 Å². The van der Waals surface area contributed by atoms with Gasteiger partial charge in [0.2, 0.25) is 0 Å². The number of carbonyl (C=O) groups excluding carboxylic acids is 1. The third-order valence-electron chi connectivity index (χ3n) is 6.09. The van der Waals surface area contributed by atoms with Crippen LogP contribution in [0.25, 0.3) is 4.85 Å². The monoisotopic (exact) mass is 463 g/mol. The summed E-state index contributed by atoms with van der Waals surface area (Å²) in [4.78, 5) is 20.5. The van der Waals surface area contributed by atoms with Crippen LogP contribution in [-0.4, -0.2) is 17.2 Å². The van der Waals surface area contributed by atoms with Crippen molar-refractivity contribution in [2.75, 3.05) is 9.80 Å². The molecule has 3 aromatic rings. The number of benzene rings is 3. The summed E-state index contributed by atoms with van der Waals surface area (Å²) in [6.07, 6.45) is 1.81. The number of halogens is 2. The summed E-state index contributed by atoms with van der Waals surface area (Å²) < 4.78 is 0. The maximum absolute atomic E-state index is 13.9. The Morgan fingerprint density at radius 1 is 0.938 bits per heavy atom.